The fourth-order valence-electron chi connectivity index (χ4n) is 1.04. The lowest BCUT2D eigenvalue weighted by atomic mass is 10.3. The second-order valence-electron chi connectivity index (χ2n) is 3.22. The number of rotatable bonds is 6. The molecule has 88 valence electrons. The smallest absolute Gasteiger partial charge is 0.325 e. The minimum atomic E-state index is -1.08. The summed E-state index contributed by atoms with van der Waals surface area (Å²) in [5.41, 5.74) is 0. The van der Waals surface area contributed by atoms with Crippen molar-refractivity contribution < 1.29 is 19.8 Å². The summed E-state index contributed by atoms with van der Waals surface area (Å²) < 4.78 is 0. The molecule has 0 rings (SSSR count). The topological polar surface area (TPSA) is 89.9 Å². The third-order valence-corrected chi connectivity index (χ3v) is 1.86. The van der Waals surface area contributed by atoms with Gasteiger partial charge in [0.2, 0.25) is 0 Å². The lowest BCUT2D eigenvalue weighted by Crippen LogP contribution is -2.47. The van der Waals surface area contributed by atoms with E-state index in [2.05, 4.69) is 5.32 Å². The molecule has 0 radical (unpaired) electrons. The van der Waals surface area contributed by atoms with Gasteiger partial charge in [-0.05, 0) is 13.3 Å². The molecular weight excluding hydrogens is 200 g/mol. The van der Waals surface area contributed by atoms with E-state index in [-0.39, 0.29) is 13.2 Å². The number of nitrogens with one attached hydrogen (secondary N) is 1. The molecule has 0 unspecified atom stereocenters. The van der Waals surface area contributed by atoms with E-state index in [1.165, 1.54) is 11.8 Å². The second-order valence-corrected chi connectivity index (χ2v) is 3.22. The van der Waals surface area contributed by atoms with Crippen LogP contribution < -0.4 is 5.32 Å². The van der Waals surface area contributed by atoms with Crippen LogP contribution in [0.15, 0.2) is 0 Å². The predicted octanol–water partition coefficient (Wildman–Crippen LogP) is -0.127. The van der Waals surface area contributed by atoms with Gasteiger partial charge in [-0.25, -0.2) is 4.79 Å². The monoisotopic (exact) mass is 218 g/mol. The van der Waals surface area contributed by atoms with Crippen LogP contribution in [0.4, 0.5) is 4.79 Å². The summed E-state index contributed by atoms with van der Waals surface area (Å²) >= 11 is 0. The largest absolute Gasteiger partial charge is 0.480 e. The Morgan fingerprint density at radius 3 is 2.40 bits per heavy atom. The molecule has 0 fully saturated rings. The molecule has 0 saturated heterocycles. The minimum absolute atomic E-state index is 0.130. The number of carbonyl (C=O) groups is 2. The molecule has 0 aliphatic heterocycles. The Hall–Kier alpha value is -1.30. The third-order valence-electron chi connectivity index (χ3n) is 1.86. The Kier molecular flexibility index (Phi) is 6.44. The first-order valence-electron chi connectivity index (χ1n) is 4.92. The van der Waals surface area contributed by atoms with Crippen molar-refractivity contribution in [2.45, 2.75) is 26.3 Å². The summed E-state index contributed by atoms with van der Waals surface area (Å²) in [6.07, 6.45) is 0.759. The van der Waals surface area contributed by atoms with E-state index in [9.17, 15) is 9.59 Å². The van der Waals surface area contributed by atoms with Gasteiger partial charge in [-0.1, -0.05) is 6.92 Å². The van der Waals surface area contributed by atoms with E-state index >= 15 is 0 Å². The fourth-order valence-corrected chi connectivity index (χ4v) is 1.04. The molecule has 15 heavy (non-hydrogen) atoms. The van der Waals surface area contributed by atoms with Crippen LogP contribution in [0.5, 0.6) is 0 Å². The molecule has 3 N–H and O–H groups in total. The number of carbonyl (C=O) groups excluding carboxylic acids is 1. The number of urea groups is 1. The Bertz CT molecular complexity index is 214. The van der Waals surface area contributed by atoms with Gasteiger partial charge in [0.25, 0.3) is 0 Å². The van der Waals surface area contributed by atoms with Crippen LogP contribution >= 0.6 is 0 Å². The highest BCUT2D eigenvalue weighted by Crippen LogP contribution is 1.93. The van der Waals surface area contributed by atoms with Crippen molar-refractivity contribution in [3.8, 4) is 0 Å². The van der Waals surface area contributed by atoms with Crippen molar-refractivity contribution in [3.63, 3.8) is 0 Å². The number of nitrogens with zero attached hydrogens (tertiary/aromatic N) is 1. The summed E-state index contributed by atoms with van der Waals surface area (Å²) in [6.45, 7) is 3.88. The zero-order chi connectivity index (χ0) is 11.8. The van der Waals surface area contributed by atoms with Gasteiger partial charge in [0.15, 0.2) is 0 Å². The number of amides is 2. The summed E-state index contributed by atoms with van der Waals surface area (Å²) in [5.74, 6) is -1.08. The molecule has 0 aromatic heterocycles. The van der Waals surface area contributed by atoms with Crippen molar-refractivity contribution in [1.29, 1.82) is 0 Å². The van der Waals surface area contributed by atoms with Gasteiger partial charge in [0.05, 0.1) is 6.61 Å². The number of aliphatic hydroxyl groups excluding tert-OH is 1. The molecule has 1 atom stereocenters. The van der Waals surface area contributed by atoms with E-state index in [0.717, 1.165) is 6.42 Å². The van der Waals surface area contributed by atoms with Gasteiger partial charge in [-0.2, -0.15) is 0 Å². The SMILES string of the molecule is CCCN(CCO)C(=O)N[C@H](C)C(=O)O. The van der Waals surface area contributed by atoms with Gasteiger partial charge >= 0.3 is 12.0 Å². The Morgan fingerprint density at radius 2 is 2.00 bits per heavy atom. The molecule has 0 spiro atoms. The van der Waals surface area contributed by atoms with Crippen LogP contribution in [-0.2, 0) is 4.79 Å². The van der Waals surface area contributed by atoms with E-state index in [1.54, 1.807) is 0 Å². The fraction of sp³-hybridized carbons (Fsp3) is 0.778. The van der Waals surface area contributed by atoms with Crippen LogP contribution in [-0.4, -0.2) is 52.9 Å². The molecule has 0 heterocycles. The number of aliphatic hydroxyl groups is 1. The van der Waals surface area contributed by atoms with Crippen molar-refractivity contribution in [1.82, 2.24) is 10.2 Å². The maximum absolute atomic E-state index is 11.5. The van der Waals surface area contributed by atoms with Crippen LogP contribution in [0.3, 0.4) is 0 Å². The number of carboxylic acid groups (broad SMARTS) is 1. The van der Waals surface area contributed by atoms with Gasteiger partial charge in [-0.3, -0.25) is 4.79 Å². The Morgan fingerprint density at radius 1 is 1.40 bits per heavy atom. The van der Waals surface area contributed by atoms with E-state index < -0.39 is 18.0 Å². The average Bonchev–Trinajstić information content (AvgIpc) is 2.17. The van der Waals surface area contributed by atoms with Crippen LogP contribution in [0.2, 0.25) is 0 Å². The molecule has 0 aliphatic rings. The van der Waals surface area contributed by atoms with Gasteiger partial charge in [0.1, 0.15) is 6.04 Å². The molecule has 0 bridgehead atoms. The number of carboxylic acids is 1. The minimum Gasteiger partial charge on any atom is -0.480 e. The zero-order valence-corrected chi connectivity index (χ0v) is 9.06. The Balaban J connectivity index is 4.18. The van der Waals surface area contributed by atoms with Gasteiger partial charge < -0.3 is 20.4 Å². The maximum atomic E-state index is 11.5. The van der Waals surface area contributed by atoms with Gasteiger partial charge in [-0.15, -0.1) is 0 Å². The van der Waals surface area contributed by atoms with Crippen molar-refractivity contribution in [3.05, 3.63) is 0 Å². The average molecular weight is 218 g/mol. The normalized spacial score (nSPS) is 11.9. The molecule has 0 aliphatic carbocycles. The molecular formula is C9H18N2O4. The molecule has 2 amide bonds. The van der Waals surface area contributed by atoms with Crippen LogP contribution in [0, 0.1) is 0 Å². The number of hydrogen-bond donors (Lipinski definition) is 3. The second kappa shape index (κ2) is 7.05. The summed E-state index contributed by atoms with van der Waals surface area (Å²) in [4.78, 5) is 23.4. The number of hydrogen-bond acceptors (Lipinski definition) is 3. The molecule has 6 nitrogen and oxygen atoms in total. The molecule has 0 saturated carbocycles. The quantitative estimate of drug-likeness (QED) is 0.579. The highest BCUT2D eigenvalue weighted by Gasteiger charge is 2.18. The highest BCUT2D eigenvalue weighted by molar-refractivity contribution is 5.82. The highest BCUT2D eigenvalue weighted by atomic mass is 16.4. The molecule has 0 aromatic rings. The Labute approximate surface area is 88.9 Å². The first kappa shape index (κ1) is 13.7. The van der Waals surface area contributed by atoms with Gasteiger partial charge in [0, 0.05) is 13.1 Å². The van der Waals surface area contributed by atoms with E-state index in [1.807, 2.05) is 6.92 Å². The third kappa shape index (κ3) is 5.21. The lowest BCUT2D eigenvalue weighted by Gasteiger charge is -2.22. The van der Waals surface area contributed by atoms with Crippen LogP contribution in [0.25, 0.3) is 0 Å². The summed E-state index contributed by atoms with van der Waals surface area (Å²) in [6, 6.07) is -1.38. The van der Waals surface area contributed by atoms with Crippen molar-refractivity contribution in [2.75, 3.05) is 19.7 Å². The first-order chi connectivity index (χ1) is 7.02. The van der Waals surface area contributed by atoms with Crippen molar-refractivity contribution in [2.24, 2.45) is 0 Å². The first-order valence-corrected chi connectivity index (χ1v) is 4.92. The predicted molar refractivity (Wildman–Crippen MR) is 54.6 cm³/mol. The lowest BCUT2D eigenvalue weighted by molar-refractivity contribution is -0.138. The van der Waals surface area contributed by atoms with Crippen molar-refractivity contribution >= 4 is 12.0 Å². The molecule has 0 aromatic carbocycles. The summed E-state index contributed by atoms with van der Waals surface area (Å²) in [5, 5.41) is 19.6. The standard InChI is InChI=1S/C9H18N2O4/c1-3-4-11(5-6-12)9(15)10-7(2)8(13)14/h7,12H,3-6H2,1-2H3,(H,10,15)(H,13,14)/t7-/m1/s1. The zero-order valence-electron chi connectivity index (χ0n) is 9.06. The van der Waals surface area contributed by atoms with E-state index in [4.69, 9.17) is 10.2 Å². The number of aliphatic carboxylic acids is 1. The van der Waals surface area contributed by atoms with E-state index in [0.29, 0.717) is 6.54 Å². The van der Waals surface area contributed by atoms with Crippen LogP contribution in [0.1, 0.15) is 20.3 Å². The summed E-state index contributed by atoms with van der Waals surface area (Å²) in [7, 11) is 0. The molecule has 6 heteroatoms. The maximum Gasteiger partial charge on any atom is 0.325 e.